The molecule has 3 heterocycles. The Morgan fingerprint density at radius 2 is 1.96 bits per heavy atom. The van der Waals surface area contributed by atoms with Gasteiger partial charge < -0.3 is 5.32 Å². The number of hydrogen-bond donors (Lipinski definition) is 1. The van der Waals surface area contributed by atoms with E-state index < -0.39 is 0 Å². The van der Waals surface area contributed by atoms with E-state index in [1.54, 1.807) is 17.5 Å². The van der Waals surface area contributed by atoms with E-state index in [2.05, 4.69) is 53.3 Å². The summed E-state index contributed by atoms with van der Waals surface area (Å²) in [6.45, 7) is 8.52. The number of nitrogens with zero attached hydrogens (tertiary/aromatic N) is 4. The van der Waals surface area contributed by atoms with Crippen LogP contribution in [-0.2, 0) is 6.42 Å². The summed E-state index contributed by atoms with van der Waals surface area (Å²) in [5.74, 6) is 1.90. The lowest BCUT2D eigenvalue weighted by molar-refractivity contribution is 0.797. The molecule has 25 heavy (non-hydrogen) atoms. The Hall–Kier alpha value is -2.34. The van der Waals surface area contributed by atoms with Crippen molar-refractivity contribution in [1.82, 2.24) is 19.9 Å². The summed E-state index contributed by atoms with van der Waals surface area (Å²) in [4.78, 5) is 18.3. The van der Waals surface area contributed by atoms with Gasteiger partial charge in [0, 0.05) is 29.3 Å². The first kappa shape index (κ1) is 17.5. The predicted molar refractivity (Wildman–Crippen MR) is 103 cm³/mol. The highest BCUT2D eigenvalue weighted by atomic mass is 32.1. The van der Waals surface area contributed by atoms with Gasteiger partial charge in [0.15, 0.2) is 5.82 Å². The van der Waals surface area contributed by atoms with Crippen molar-refractivity contribution in [2.75, 3.05) is 5.32 Å². The molecule has 0 aliphatic rings. The van der Waals surface area contributed by atoms with Crippen molar-refractivity contribution in [3.63, 3.8) is 0 Å². The second-order valence-electron chi connectivity index (χ2n) is 6.27. The van der Waals surface area contributed by atoms with Gasteiger partial charge >= 0.3 is 0 Å². The first-order valence-corrected chi connectivity index (χ1v) is 9.46. The van der Waals surface area contributed by atoms with E-state index in [0.717, 1.165) is 34.3 Å². The monoisotopic (exact) mass is 353 g/mol. The van der Waals surface area contributed by atoms with Gasteiger partial charge in [-0.2, -0.15) is 0 Å². The van der Waals surface area contributed by atoms with Gasteiger partial charge in [-0.1, -0.05) is 26.8 Å². The molecule has 1 unspecified atom stereocenters. The number of aromatic nitrogens is 4. The van der Waals surface area contributed by atoms with Crippen LogP contribution in [0.1, 0.15) is 56.1 Å². The number of anilines is 1. The molecule has 5 nitrogen and oxygen atoms in total. The van der Waals surface area contributed by atoms with Crippen molar-refractivity contribution < 1.29 is 0 Å². The average Bonchev–Trinajstić information content (AvgIpc) is 3.13. The SMILES string of the molecule is CCc1cc(NC(C)c2csc(C(C)C)n2)nc(-c2ccccn2)n1. The van der Waals surface area contributed by atoms with Crippen molar-refractivity contribution >= 4 is 17.2 Å². The quantitative estimate of drug-likeness (QED) is 0.686. The molecular formula is C19H23N5S. The highest BCUT2D eigenvalue weighted by Gasteiger charge is 2.14. The van der Waals surface area contributed by atoms with Gasteiger partial charge in [0.05, 0.1) is 16.7 Å². The van der Waals surface area contributed by atoms with Crippen LogP contribution in [0.5, 0.6) is 0 Å². The van der Waals surface area contributed by atoms with E-state index >= 15 is 0 Å². The Bertz CT molecular complexity index is 829. The van der Waals surface area contributed by atoms with E-state index in [-0.39, 0.29) is 6.04 Å². The fourth-order valence-corrected chi connectivity index (χ4v) is 3.35. The maximum absolute atomic E-state index is 4.73. The topological polar surface area (TPSA) is 63.6 Å². The Kier molecular flexibility index (Phi) is 5.38. The van der Waals surface area contributed by atoms with Gasteiger partial charge in [-0.25, -0.2) is 15.0 Å². The van der Waals surface area contributed by atoms with Crippen molar-refractivity contribution in [3.8, 4) is 11.5 Å². The average molecular weight is 353 g/mol. The third-order valence-electron chi connectivity index (χ3n) is 3.88. The molecule has 1 atom stereocenters. The highest BCUT2D eigenvalue weighted by molar-refractivity contribution is 7.09. The van der Waals surface area contributed by atoms with Crippen molar-refractivity contribution in [2.24, 2.45) is 0 Å². The minimum atomic E-state index is 0.0833. The fourth-order valence-electron chi connectivity index (χ4n) is 2.42. The molecule has 6 heteroatoms. The van der Waals surface area contributed by atoms with Gasteiger partial charge in [-0.15, -0.1) is 11.3 Å². The molecular weight excluding hydrogens is 330 g/mol. The number of thiazole rings is 1. The maximum atomic E-state index is 4.73. The van der Waals surface area contributed by atoms with Crippen molar-refractivity contribution in [1.29, 1.82) is 0 Å². The van der Waals surface area contributed by atoms with E-state index in [4.69, 9.17) is 4.98 Å². The van der Waals surface area contributed by atoms with E-state index in [1.807, 2.05) is 24.3 Å². The molecule has 0 aliphatic carbocycles. The molecule has 0 amide bonds. The van der Waals surface area contributed by atoms with Gasteiger partial charge in [0.2, 0.25) is 0 Å². The van der Waals surface area contributed by atoms with E-state index in [0.29, 0.717) is 11.7 Å². The van der Waals surface area contributed by atoms with Crippen molar-refractivity contribution in [2.45, 2.75) is 46.1 Å². The summed E-state index contributed by atoms with van der Waals surface area (Å²) in [5.41, 5.74) is 2.82. The number of hydrogen-bond acceptors (Lipinski definition) is 6. The Balaban J connectivity index is 1.86. The molecule has 0 fully saturated rings. The van der Waals surface area contributed by atoms with Gasteiger partial charge in [0.1, 0.15) is 11.5 Å². The van der Waals surface area contributed by atoms with Crippen molar-refractivity contribution in [3.05, 3.63) is 52.2 Å². The number of pyridine rings is 1. The summed E-state index contributed by atoms with van der Waals surface area (Å²) in [7, 11) is 0. The molecule has 0 bridgehead atoms. The molecule has 3 aromatic rings. The van der Waals surface area contributed by atoms with E-state index in [1.165, 1.54) is 0 Å². The summed E-state index contributed by atoms with van der Waals surface area (Å²) in [6.07, 6.45) is 2.61. The molecule has 1 N–H and O–H groups in total. The van der Waals surface area contributed by atoms with Crippen LogP contribution in [0, 0.1) is 0 Å². The molecule has 0 spiro atoms. The molecule has 130 valence electrons. The van der Waals surface area contributed by atoms with Gasteiger partial charge in [-0.3, -0.25) is 4.98 Å². The van der Waals surface area contributed by atoms with Crippen LogP contribution in [0.4, 0.5) is 5.82 Å². The zero-order chi connectivity index (χ0) is 17.8. The highest BCUT2D eigenvalue weighted by Crippen LogP contribution is 2.25. The van der Waals surface area contributed by atoms with Gasteiger partial charge in [0.25, 0.3) is 0 Å². The van der Waals surface area contributed by atoms with Crippen LogP contribution in [0.15, 0.2) is 35.8 Å². The number of rotatable bonds is 6. The third-order valence-corrected chi connectivity index (χ3v) is 5.04. The minimum absolute atomic E-state index is 0.0833. The second kappa shape index (κ2) is 7.70. The first-order valence-electron chi connectivity index (χ1n) is 8.58. The zero-order valence-electron chi connectivity index (χ0n) is 15.0. The summed E-state index contributed by atoms with van der Waals surface area (Å²) in [5, 5.41) is 6.74. The van der Waals surface area contributed by atoms with Crippen LogP contribution in [0.3, 0.4) is 0 Å². The summed E-state index contributed by atoms with van der Waals surface area (Å²) >= 11 is 1.71. The lowest BCUT2D eigenvalue weighted by Gasteiger charge is -2.14. The molecule has 0 saturated heterocycles. The molecule has 3 aromatic heterocycles. The minimum Gasteiger partial charge on any atom is -0.362 e. The summed E-state index contributed by atoms with van der Waals surface area (Å²) in [6, 6.07) is 7.85. The molecule has 0 aliphatic heterocycles. The normalized spacial score (nSPS) is 12.4. The van der Waals surface area contributed by atoms with Crippen LogP contribution in [0.2, 0.25) is 0 Å². The van der Waals surface area contributed by atoms with Crippen LogP contribution >= 0.6 is 11.3 Å². The molecule has 0 saturated carbocycles. The molecule has 0 radical (unpaired) electrons. The summed E-state index contributed by atoms with van der Waals surface area (Å²) < 4.78 is 0. The largest absolute Gasteiger partial charge is 0.362 e. The Morgan fingerprint density at radius 1 is 1.12 bits per heavy atom. The molecule has 3 rings (SSSR count). The van der Waals surface area contributed by atoms with Crippen LogP contribution < -0.4 is 5.32 Å². The lowest BCUT2D eigenvalue weighted by Crippen LogP contribution is -2.10. The third kappa shape index (κ3) is 4.20. The predicted octanol–water partition coefficient (Wildman–Crippen LogP) is 4.85. The van der Waals surface area contributed by atoms with Crippen LogP contribution in [-0.4, -0.2) is 19.9 Å². The number of aryl methyl sites for hydroxylation is 1. The zero-order valence-corrected chi connectivity index (χ0v) is 15.8. The number of nitrogens with one attached hydrogen (secondary N) is 1. The Labute approximate surface area is 152 Å². The van der Waals surface area contributed by atoms with Gasteiger partial charge in [-0.05, 0) is 25.5 Å². The van der Waals surface area contributed by atoms with Crippen LogP contribution in [0.25, 0.3) is 11.5 Å². The Morgan fingerprint density at radius 3 is 2.60 bits per heavy atom. The standard InChI is InChI=1S/C19H23N5S/c1-5-14-10-17(24-18(22-14)15-8-6-7-9-20-15)21-13(4)16-11-25-19(23-16)12(2)3/h6-13H,5H2,1-4H3,(H,21,22,24). The lowest BCUT2D eigenvalue weighted by atomic mass is 10.2. The second-order valence-corrected chi connectivity index (χ2v) is 7.16. The molecule has 0 aromatic carbocycles. The smallest absolute Gasteiger partial charge is 0.180 e. The first-order chi connectivity index (χ1) is 12.1. The maximum Gasteiger partial charge on any atom is 0.180 e. The fraction of sp³-hybridized carbons (Fsp3) is 0.368. The van der Waals surface area contributed by atoms with E-state index in [9.17, 15) is 0 Å².